The lowest BCUT2D eigenvalue weighted by Gasteiger charge is -2.12. The first-order valence-electron chi connectivity index (χ1n) is 8.72. The van der Waals surface area contributed by atoms with Gasteiger partial charge in [-0.05, 0) is 54.6 Å². The molecule has 0 unspecified atom stereocenters. The van der Waals surface area contributed by atoms with E-state index in [2.05, 4.69) is 25.8 Å². The van der Waals surface area contributed by atoms with Gasteiger partial charge >= 0.3 is 0 Å². The lowest BCUT2D eigenvalue weighted by atomic mass is 10.2. The molecular formula is C19H19N7O2. The Hall–Kier alpha value is -3.75. The summed E-state index contributed by atoms with van der Waals surface area (Å²) in [6.07, 6.45) is 0. The molecule has 9 heteroatoms. The summed E-state index contributed by atoms with van der Waals surface area (Å²) < 4.78 is 8.84. The van der Waals surface area contributed by atoms with Gasteiger partial charge in [0, 0.05) is 5.69 Å². The molecule has 0 fully saturated rings. The molecule has 1 amide bonds. The molecule has 2 aromatic carbocycles. The number of hydrogen-bond acceptors (Lipinski definition) is 6. The quantitative estimate of drug-likeness (QED) is 0.573. The van der Waals surface area contributed by atoms with Crippen LogP contribution in [0.1, 0.15) is 11.6 Å². The first-order valence-corrected chi connectivity index (χ1v) is 8.72. The highest BCUT2D eigenvalue weighted by molar-refractivity contribution is 5.92. The van der Waals surface area contributed by atoms with Gasteiger partial charge in [0.05, 0.1) is 18.1 Å². The van der Waals surface area contributed by atoms with Crippen LogP contribution in [0.25, 0.3) is 16.7 Å². The van der Waals surface area contributed by atoms with Crippen LogP contribution in [0.5, 0.6) is 5.75 Å². The Balaban J connectivity index is 1.60. The Morgan fingerprint density at radius 2 is 1.96 bits per heavy atom. The Bertz CT molecular complexity index is 1160. The molecular weight excluding hydrogens is 358 g/mol. The van der Waals surface area contributed by atoms with E-state index < -0.39 is 0 Å². The largest absolute Gasteiger partial charge is 0.494 e. The minimum Gasteiger partial charge on any atom is -0.494 e. The summed E-state index contributed by atoms with van der Waals surface area (Å²) >= 11 is 0. The molecule has 9 nitrogen and oxygen atoms in total. The molecule has 142 valence electrons. The number of fused-ring (bicyclic) bond motifs is 1. The molecule has 4 aromatic rings. The van der Waals surface area contributed by atoms with Crippen LogP contribution in [0.3, 0.4) is 0 Å². The molecule has 1 N–H and O–H groups in total. The number of hydrogen-bond donors (Lipinski definition) is 1. The van der Waals surface area contributed by atoms with Crippen molar-refractivity contribution in [3.8, 4) is 11.4 Å². The van der Waals surface area contributed by atoms with Gasteiger partial charge in [0.2, 0.25) is 5.91 Å². The molecule has 4 rings (SSSR count). The second kappa shape index (κ2) is 7.10. The summed E-state index contributed by atoms with van der Waals surface area (Å²) in [5.41, 5.74) is 3.06. The highest BCUT2D eigenvalue weighted by atomic mass is 16.5. The average Bonchev–Trinajstić information content (AvgIpc) is 3.25. The Kier molecular flexibility index (Phi) is 4.48. The monoisotopic (exact) mass is 377 g/mol. The number of imidazole rings is 1. The molecule has 0 aliphatic rings. The van der Waals surface area contributed by atoms with Gasteiger partial charge in [0.1, 0.15) is 23.8 Å². The minimum absolute atomic E-state index is 0.157. The summed E-state index contributed by atoms with van der Waals surface area (Å²) in [6.45, 7) is 3.84. The molecule has 0 bridgehead atoms. The number of aryl methyl sites for hydroxylation is 2. The van der Waals surface area contributed by atoms with Gasteiger partial charge in [-0.2, -0.15) is 4.68 Å². The molecule has 0 aliphatic heterocycles. The van der Waals surface area contributed by atoms with Gasteiger partial charge in [-0.1, -0.05) is 12.1 Å². The smallest absolute Gasteiger partial charge is 0.244 e. The fourth-order valence-electron chi connectivity index (χ4n) is 3.13. The lowest BCUT2D eigenvalue weighted by molar-refractivity contribution is -0.116. The predicted octanol–water partition coefficient (Wildman–Crippen LogP) is 2.28. The van der Waals surface area contributed by atoms with Crippen LogP contribution >= 0.6 is 0 Å². The van der Waals surface area contributed by atoms with Crippen LogP contribution in [-0.2, 0) is 11.3 Å². The highest BCUT2D eigenvalue weighted by Gasteiger charge is 2.14. The molecule has 0 spiro atoms. The second-order valence-electron chi connectivity index (χ2n) is 6.31. The summed E-state index contributed by atoms with van der Waals surface area (Å²) in [7, 11) is 1.57. The van der Waals surface area contributed by atoms with Crippen molar-refractivity contribution < 1.29 is 9.53 Å². The highest BCUT2D eigenvalue weighted by Crippen LogP contribution is 2.26. The first kappa shape index (κ1) is 17.7. The van der Waals surface area contributed by atoms with E-state index in [0.29, 0.717) is 22.9 Å². The van der Waals surface area contributed by atoms with E-state index in [4.69, 9.17) is 4.74 Å². The SMILES string of the molecule is COc1ccc(NC(=O)Cn2c(C)nc3ccccc32)cc1-n1nnnc1C. The second-order valence-corrected chi connectivity index (χ2v) is 6.31. The van der Waals surface area contributed by atoms with Gasteiger partial charge in [-0.25, -0.2) is 4.98 Å². The number of tetrazole rings is 1. The van der Waals surface area contributed by atoms with Gasteiger partial charge < -0.3 is 14.6 Å². The molecule has 0 saturated carbocycles. The maximum Gasteiger partial charge on any atom is 0.244 e. The van der Waals surface area contributed by atoms with Crippen LogP contribution in [0, 0.1) is 13.8 Å². The summed E-state index contributed by atoms with van der Waals surface area (Å²) in [5, 5.41) is 14.5. The normalized spacial score (nSPS) is 11.0. The summed E-state index contributed by atoms with van der Waals surface area (Å²) in [5.74, 6) is 1.85. The van der Waals surface area contributed by atoms with Crippen molar-refractivity contribution in [2.75, 3.05) is 12.4 Å². The first-order chi connectivity index (χ1) is 13.6. The summed E-state index contributed by atoms with van der Waals surface area (Å²) in [4.78, 5) is 17.2. The minimum atomic E-state index is -0.157. The van der Waals surface area contributed by atoms with Crippen molar-refractivity contribution in [1.29, 1.82) is 0 Å². The van der Waals surface area contributed by atoms with E-state index in [1.165, 1.54) is 0 Å². The van der Waals surface area contributed by atoms with Crippen molar-refractivity contribution in [3.63, 3.8) is 0 Å². The third-order valence-electron chi connectivity index (χ3n) is 4.46. The van der Waals surface area contributed by atoms with E-state index in [-0.39, 0.29) is 12.5 Å². The zero-order chi connectivity index (χ0) is 19.7. The van der Waals surface area contributed by atoms with Crippen LogP contribution < -0.4 is 10.1 Å². The number of ether oxygens (including phenoxy) is 1. The van der Waals surface area contributed by atoms with Crippen molar-refractivity contribution in [1.82, 2.24) is 29.8 Å². The Morgan fingerprint density at radius 3 is 2.71 bits per heavy atom. The zero-order valence-corrected chi connectivity index (χ0v) is 15.7. The van der Waals surface area contributed by atoms with E-state index >= 15 is 0 Å². The molecule has 28 heavy (non-hydrogen) atoms. The number of para-hydroxylation sites is 2. The van der Waals surface area contributed by atoms with E-state index in [1.54, 1.807) is 36.9 Å². The molecule has 0 saturated heterocycles. The number of aromatic nitrogens is 6. The third kappa shape index (κ3) is 3.18. The zero-order valence-electron chi connectivity index (χ0n) is 15.7. The van der Waals surface area contributed by atoms with Gasteiger partial charge in [0.15, 0.2) is 5.82 Å². The Morgan fingerprint density at radius 1 is 1.14 bits per heavy atom. The van der Waals surface area contributed by atoms with E-state index in [0.717, 1.165) is 16.9 Å². The number of carbonyl (C=O) groups is 1. The van der Waals surface area contributed by atoms with Crippen molar-refractivity contribution >= 4 is 22.6 Å². The topological polar surface area (TPSA) is 99.8 Å². The van der Waals surface area contributed by atoms with Crippen molar-refractivity contribution in [2.24, 2.45) is 0 Å². The number of nitrogens with zero attached hydrogens (tertiary/aromatic N) is 6. The lowest BCUT2D eigenvalue weighted by Crippen LogP contribution is -2.19. The van der Waals surface area contributed by atoms with E-state index in [9.17, 15) is 4.79 Å². The standard InChI is InChI=1S/C19H19N7O2/c1-12-20-15-6-4-5-7-16(15)25(12)11-19(27)21-14-8-9-18(28-3)17(10-14)26-13(2)22-23-24-26/h4-10H,11H2,1-3H3,(H,21,27). The van der Waals surface area contributed by atoms with Crippen LogP contribution in [-0.4, -0.2) is 42.8 Å². The maximum atomic E-state index is 12.7. The van der Waals surface area contributed by atoms with Crippen molar-refractivity contribution in [2.45, 2.75) is 20.4 Å². The van der Waals surface area contributed by atoms with Crippen LogP contribution in [0.4, 0.5) is 5.69 Å². The molecule has 0 radical (unpaired) electrons. The average molecular weight is 377 g/mol. The van der Waals surface area contributed by atoms with Crippen LogP contribution in [0.2, 0.25) is 0 Å². The fraction of sp³-hybridized carbons (Fsp3) is 0.211. The number of rotatable bonds is 5. The predicted molar refractivity (Wildman–Crippen MR) is 104 cm³/mol. The Labute approximate surface area is 160 Å². The number of methoxy groups -OCH3 is 1. The van der Waals surface area contributed by atoms with Gasteiger partial charge in [-0.3, -0.25) is 4.79 Å². The number of carbonyl (C=O) groups excluding carboxylic acids is 1. The number of amides is 1. The number of benzene rings is 2. The fourth-order valence-corrected chi connectivity index (χ4v) is 3.13. The molecule has 2 aromatic heterocycles. The molecule has 0 aliphatic carbocycles. The van der Waals surface area contributed by atoms with Gasteiger partial charge in [-0.15, -0.1) is 5.10 Å². The van der Waals surface area contributed by atoms with Crippen LogP contribution in [0.15, 0.2) is 42.5 Å². The maximum absolute atomic E-state index is 12.7. The third-order valence-corrected chi connectivity index (χ3v) is 4.46. The number of nitrogens with one attached hydrogen (secondary N) is 1. The van der Waals surface area contributed by atoms with E-state index in [1.807, 2.05) is 35.8 Å². The van der Waals surface area contributed by atoms with Crippen molar-refractivity contribution in [3.05, 3.63) is 54.1 Å². The number of anilines is 1. The molecule has 2 heterocycles. The summed E-state index contributed by atoms with van der Waals surface area (Å²) in [6, 6.07) is 13.1. The van der Waals surface area contributed by atoms with Gasteiger partial charge in [0.25, 0.3) is 0 Å². The molecule has 0 atom stereocenters.